The van der Waals surface area contributed by atoms with Crippen LogP contribution in [0, 0.1) is 17.6 Å². The molecule has 0 saturated heterocycles. The van der Waals surface area contributed by atoms with Crippen LogP contribution >= 0.6 is 0 Å². The first-order valence-corrected chi connectivity index (χ1v) is 5.63. The quantitative estimate of drug-likeness (QED) is 0.614. The molecule has 1 aliphatic carbocycles. The Hall–Kier alpha value is -1.00. The van der Waals surface area contributed by atoms with Crippen LogP contribution in [0.25, 0.3) is 0 Å². The zero-order valence-electron chi connectivity index (χ0n) is 9.05. The summed E-state index contributed by atoms with van der Waals surface area (Å²) in [4.78, 5) is 0. The third-order valence-electron chi connectivity index (χ3n) is 3.35. The second-order valence-corrected chi connectivity index (χ2v) is 4.36. The van der Waals surface area contributed by atoms with E-state index in [9.17, 15) is 8.78 Å². The van der Waals surface area contributed by atoms with Crippen molar-refractivity contribution < 1.29 is 8.78 Å². The molecule has 0 amide bonds. The highest BCUT2D eigenvalue weighted by molar-refractivity contribution is 5.22. The number of benzene rings is 1. The summed E-state index contributed by atoms with van der Waals surface area (Å²) in [5, 5.41) is 0. The van der Waals surface area contributed by atoms with Gasteiger partial charge in [0.1, 0.15) is 0 Å². The van der Waals surface area contributed by atoms with Crippen LogP contribution in [0.15, 0.2) is 18.2 Å². The Balaban J connectivity index is 2.22. The smallest absolute Gasteiger partial charge is 0.159 e. The monoisotopic (exact) mass is 226 g/mol. The van der Waals surface area contributed by atoms with E-state index in [0.717, 1.165) is 24.5 Å². The summed E-state index contributed by atoms with van der Waals surface area (Å²) in [6.45, 7) is 0. The average Bonchev–Trinajstić information content (AvgIpc) is 2.78. The lowest BCUT2D eigenvalue weighted by Crippen LogP contribution is -2.32. The standard InChI is InChI=1S/C12H16F2N2/c13-10-6-5-9(7-11(10)14)12(16-15)8-3-1-2-4-8/h5-8,12,16H,1-4,15H2. The van der Waals surface area contributed by atoms with Crippen molar-refractivity contribution in [1.29, 1.82) is 0 Å². The van der Waals surface area contributed by atoms with E-state index in [1.165, 1.54) is 18.9 Å². The summed E-state index contributed by atoms with van der Waals surface area (Å²) >= 11 is 0. The molecular weight excluding hydrogens is 210 g/mol. The average molecular weight is 226 g/mol. The van der Waals surface area contributed by atoms with Crippen molar-refractivity contribution in [3.8, 4) is 0 Å². The molecule has 1 aromatic carbocycles. The minimum Gasteiger partial charge on any atom is -0.271 e. The van der Waals surface area contributed by atoms with Gasteiger partial charge in [0.05, 0.1) is 0 Å². The van der Waals surface area contributed by atoms with E-state index < -0.39 is 11.6 Å². The Morgan fingerprint density at radius 3 is 2.44 bits per heavy atom. The molecule has 2 nitrogen and oxygen atoms in total. The van der Waals surface area contributed by atoms with Crippen molar-refractivity contribution in [3.63, 3.8) is 0 Å². The highest BCUT2D eigenvalue weighted by Crippen LogP contribution is 2.35. The van der Waals surface area contributed by atoms with E-state index in [2.05, 4.69) is 5.43 Å². The number of rotatable bonds is 3. The Labute approximate surface area is 93.8 Å². The van der Waals surface area contributed by atoms with Gasteiger partial charge in [0.25, 0.3) is 0 Å². The minimum absolute atomic E-state index is 0.0717. The first kappa shape index (κ1) is 11.5. The third-order valence-corrected chi connectivity index (χ3v) is 3.35. The molecule has 3 N–H and O–H groups in total. The van der Waals surface area contributed by atoms with Gasteiger partial charge in [0, 0.05) is 6.04 Å². The Morgan fingerprint density at radius 1 is 1.19 bits per heavy atom. The normalized spacial score (nSPS) is 18.9. The maximum absolute atomic E-state index is 13.1. The fourth-order valence-corrected chi connectivity index (χ4v) is 2.50. The summed E-state index contributed by atoms with van der Waals surface area (Å²) in [6, 6.07) is 3.92. The SMILES string of the molecule is NNC(c1ccc(F)c(F)c1)C1CCCC1. The van der Waals surface area contributed by atoms with E-state index in [4.69, 9.17) is 5.84 Å². The lowest BCUT2D eigenvalue weighted by molar-refractivity contribution is 0.371. The van der Waals surface area contributed by atoms with E-state index in [-0.39, 0.29) is 6.04 Å². The van der Waals surface area contributed by atoms with Gasteiger partial charge in [0.2, 0.25) is 0 Å². The van der Waals surface area contributed by atoms with Crippen molar-refractivity contribution in [3.05, 3.63) is 35.4 Å². The molecular formula is C12H16F2N2. The maximum Gasteiger partial charge on any atom is 0.159 e. The molecule has 4 heteroatoms. The van der Waals surface area contributed by atoms with Crippen molar-refractivity contribution in [2.24, 2.45) is 11.8 Å². The summed E-state index contributed by atoms with van der Waals surface area (Å²) < 4.78 is 25.9. The molecule has 1 aliphatic rings. The number of hydrogen-bond acceptors (Lipinski definition) is 2. The predicted octanol–water partition coefficient (Wildman–Crippen LogP) is 2.66. The number of halogens is 2. The molecule has 0 bridgehead atoms. The molecule has 0 radical (unpaired) electrons. The van der Waals surface area contributed by atoms with E-state index in [1.54, 1.807) is 6.07 Å². The highest BCUT2D eigenvalue weighted by atomic mass is 19.2. The summed E-state index contributed by atoms with van der Waals surface area (Å²) in [7, 11) is 0. The van der Waals surface area contributed by atoms with Crippen molar-refractivity contribution in [2.45, 2.75) is 31.7 Å². The second-order valence-electron chi connectivity index (χ2n) is 4.36. The number of nitrogens with two attached hydrogens (primary N) is 1. The minimum atomic E-state index is -0.814. The third kappa shape index (κ3) is 2.23. The highest BCUT2D eigenvalue weighted by Gasteiger charge is 2.25. The lowest BCUT2D eigenvalue weighted by Gasteiger charge is -2.23. The molecule has 0 aliphatic heterocycles. The first-order valence-electron chi connectivity index (χ1n) is 5.63. The second kappa shape index (κ2) is 4.89. The zero-order chi connectivity index (χ0) is 11.5. The molecule has 1 unspecified atom stereocenters. The fourth-order valence-electron chi connectivity index (χ4n) is 2.50. The largest absolute Gasteiger partial charge is 0.271 e. The van der Waals surface area contributed by atoms with Crippen LogP contribution in [0.1, 0.15) is 37.3 Å². The predicted molar refractivity (Wildman–Crippen MR) is 58.4 cm³/mol. The van der Waals surface area contributed by atoms with Crippen LogP contribution in [-0.2, 0) is 0 Å². The molecule has 1 aromatic rings. The van der Waals surface area contributed by atoms with Crippen LogP contribution in [0.4, 0.5) is 8.78 Å². The lowest BCUT2D eigenvalue weighted by atomic mass is 9.92. The Morgan fingerprint density at radius 2 is 1.88 bits per heavy atom. The van der Waals surface area contributed by atoms with E-state index in [0.29, 0.717) is 5.92 Å². The van der Waals surface area contributed by atoms with Crippen LogP contribution in [0.2, 0.25) is 0 Å². The Bertz CT molecular complexity index is 362. The summed E-state index contributed by atoms with van der Waals surface area (Å²) in [5.41, 5.74) is 3.45. The van der Waals surface area contributed by atoms with Gasteiger partial charge in [-0.25, -0.2) is 8.78 Å². The fraction of sp³-hybridized carbons (Fsp3) is 0.500. The summed E-state index contributed by atoms with van der Waals surface area (Å²) in [6.07, 6.45) is 4.56. The summed E-state index contributed by atoms with van der Waals surface area (Å²) in [5.74, 6) is 4.31. The molecule has 0 heterocycles. The number of hydrogen-bond donors (Lipinski definition) is 2. The van der Waals surface area contributed by atoms with Crippen molar-refractivity contribution in [2.75, 3.05) is 0 Å². The van der Waals surface area contributed by atoms with Crippen molar-refractivity contribution >= 4 is 0 Å². The zero-order valence-corrected chi connectivity index (χ0v) is 9.05. The Kier molecular flexibility index (Phi) is 3.51. The van der Waals surface area contributed by atoms with Gasteiger partial charge in [-0.1, -0.05) is 18.9 Å². The van der Waals surface area contributed by atoms with E-state index >= 15 is 0 Å². The molecule has 2 rings (SSSR count). The molecule has 88 valence electrons. The van der Waals surface area contributed by atoms with Crippen LogP contribution in [-0.4, -0.2) is 0 Å². The molecule has 1 saturated carbocycles. The van der Waals surface area contributed by atoms with Gasteiger partial charge < -0.3 is 0 Å². The van der Waals surface area contributed by atoms with Gasteiger partial charge in [-0.05, 0) is 36.5 Å². The van der Waals surface area contributed by atoms with Crippen LogP contribution < -0.4 is 11.3 Å². The van der Waals surface area contributed by atoms with Crippen LogP contribution in [0.5, 0.6) is 0 Å². The number of nitrogens with one attached hydrogen (secondary N) is 1. The van der Waals surface area contributed by atoms with Gasteiger partial charge in [-0.2, -0.15) is 0 Å². The topological polar surface area (TPSA) is 38.0 Å². The molecule has 1 atom stereocenters. The van der Waals surface area contributed by atoms with Gasteiger partial charge >= 0.3 is 0 Å². The van der Waals surface area contributed by atoms with Gasteiger partial charge in [-0.3, -0.25) is 11.3 Å². The van der Waals surface area contributed by atoms with Crippen LogP contribution in [0.3, 0.4) is 0 Å². The van der Waals surface area contributed by atoms with Gasteiger partial charge in [0.15, 0.2) is 11.6 Å². The van der Waals surface area contributed by atoms with Crippen molar-refractivity contribution in [1.82, 2.24) is 5.43 Å². The molecule has 0 spiro atoms. The first-order chi connectivity index (χ1) is 7.72. The number of hydrazine groups is 1. The van der Waals surface area contributed by atoms with E-state index in [1.807, 2.05) is 0 Å². The molecule has 0 aromatic heterocycles. The maximum atomic E-state index is 13.1. The molecule has 16 heavy (non-hydrogen) atoms. The van der Waals surface area contributed by atoms with Gasteiger partial charge in [-0.15, -0.1) is 0 Å². The molecule has 1 fully saturated rings.